The molecule has 0 saturated carbocycles. The number of ketones is 1. The van der Waals surface area contributed by atoms with E-state index < -0.39 is 6.10 Å². The van der Waals surface area contributed by atoms with Crippen LogP contribution in [0, 0.1) is 13.8 Å². The van der Waals surface area contributed by atoms with Gasteiger partial charge in [-0.25, -0.2) is 0 Å². The molecule has 134 valence electrons. The van der Waals surface area contributed by atoms with Gasteiger partial charge in [0.1, 0.15) is 6.10 Å². The summed E-state index contributed by atoms with van der Waals surface area (Å²) in [6.45, 7) is 5.00. The normalized spacial score (nSPS) is 12.0. The zero-order chi connectivity index (χ0) is 18.8. The first-order valence-corrected chi connectivity index (χ1v) is 9.09. The van der Waals surface area contributed by atoms with Crippen LogP contribution in [0.25, 0.3) is 0 Å². The summed E-state index contributed by atoms with van der Waals surface area (Å²) in [5.41, 5.74) is 3.65. The fraction of sp³-hybridized carbons (Fsp3) is 0.200. The van der Waals surface area contributed by atoms with E-state index in [9.17, 15) is 14.7 Å². The molecule has 0 spiro atoms. The van der Waals surface area contributed by atoms with E-state index >= 15 is 0 Å². The van der Waals surface area contributed by atoms with Crippen LogP contribution in [-0.4, -0.2) is 21.8 Å². The number of rotatable bonds is 5. The number of aromatic amines is 1. The Balaban J connectivity index is 1.77. The van der Waals surface area contributed by atoms with Crippen molar-refractivity contribution in [1.82, 2.24) is 4.98 Å². The molecule has 1 aromatic carbocycles. The maximum Gasteiger partial charge on any atom is 0.257 e. The molecule has 0 aliphatic heterocycles. The van der Waals surface area contributed by atoms with Crippen LogP contribution in [-0.2, 0) is 0 Å². The third-order valence-corrected chi connectivity index (χ3v) is 5.24. The van der Waals surface area contributed by atoms with Gasteiger partial charge in [-0.05, 0) is 48.6 Å². The van der Waals surface area contributed by atoms with E-state index in [1.165, 1.54) is 18.3 Å². The van der Waals surface area contributed by atoms with Crippen LogP contribution >= 0.6 is 11.3 Å². The largest absolute Gasteiger partial charge is 0.383 e. The third-order valence-electron chi connectivity index (χ3n) is 4.31. The van der Waals surface area contributed by atoms with Crippen molar-refractivity contribution in [3.63, 3.8) is 0 Å². The molecule has 26 heavy (non-hydrogen) atoms. The van der Waals surface area contributed by atoms with Crippen molar-refractivity contribution in [2.75, 3.05) is 5.32 Å². The number of H-pyrrole nitrogens is 1. The number of carbonyl (C=O) groups is 2. The van der Waals surface area contributed by atoms with E-state index in [-0.39, 0.29) is 11.7 Å². The second kappa shape index (κ2) is 7.27. The van der Waals surface area contributed by atoms with Gasteiger partial charge in [0.25, 0.3) is 5.91 Å². The first kappa shape index (κ1) is 18.1. The van der Waals surface area contributed by atoms with Gasteiger partial charge in [0.15, 0.2) is 5.78 Å². The fourth-order valence-corrected chi connectivity index (χ4v) is 3.73. The standard InChI is InChI=1S/C20H20N2O3S/c1-11-17(12(2)21-18(11)13(3)23)20(25)22-15-8-6-14(7-9-15)19(24)16-5-4-10-26-16/h4-10,19,21,24H,1-3H3,(H,22,25). The summed E-state index contributed by atoms with van der Waals surface area (Å²) in [6, 6.07) is 10.9. The predicted octanol–water partition coefficient (Wildman–Crippen LogP) is 4.23. The Labute approximate surface area is 155 Å². The molecule has 2 aromatic heterocycles. The number of Topliss-reactive ketones (excluding diaryl/α,β-unsaturated/α-hetero) is 1. The average molecular weight is 368 g/mol. The van der Waals surface area contributed by atoms with Crippen molar-refractivity contribution in [2.24, 2.45) is 0 Å². The van der Waals surface area contributed by atoms with Gasteiger partial charge in [-0.3, -0.25) is 9.59 Å². The minimum atomic E-state index is -0.674. The highest BCUT2D eigenvalue weighted by atomic mass is 32.1. The van der Waals surface area contributed by atoms with Crippen LogP contribution in [0.2, 0.25) is 0 Å². The van der Waals surface area contributed by atoms with Gasteiger partial charge in [0.05, 0.1) is 11.3 Å². The molecule has 1 atom stereocenters. The minimum Gasteiger partial charge on any atom is -0.383 e. The van der Waals surface area contributed by atoms with Crippen molar-refractivity contribution < 1.29 is 14.7 Å². The number of hydrogen-bond acceptors (Lipinski definition) is 4. The molecule has 0 saturated heterocycles. The van der Waals surface area contributed by atoms with E-state index in [0.29, 0.717) is 28.2 Å². The number of aliphatic hydroxyl groups excluding tert-OH is 1. The molecular weight excluding hydrogens is 348 g/mol. The summed E-state index contributed by atoms with van der Waals surface area (Å²) in [4.78, 5) is 28.1. The highest BCUT2D eigenvalue weighted by Gasteiger charge is 2.20. The SMILES string of the molecule is CC(=O)c1[nH]c(C)c(C(=O)Nc2ccc(C(O)c3cccs3)cc2)c1C. The van der Waals surface area contributed by atoms with Crippen LogP contribution in [0.1, 0.15) is 55.6 Å². The lowest BCUT2D eigenvalue weighted by atomic mass is 10.1. The van der Waals surface area contributed by atoms with Gasteiger partial charge >= 0.3 is 0 Å². The summed E-state index contributed by atoms with van der Waals surface area (Å²) in [5.74, 6) is -0.369. The van der Waals surface area contributed by atoms with Gasteiger partial charge in [-0.15, -0.1) is 11.3 Å². The molecule has 0 aliphatic carbocycles. The molecule has 1 unspecified atom stereocenters. The van der Waals surface area contributed by atoms with Gasteiger partial charge in [-0.1, -0.05) is 18.2 Å². The molecule has 1 amide bonds. The Bertz CT molecular complexity index is 940. The molecule has 3 aromatic rings. The summed E-state index contributed by atoms with van der Waals surface area (Å²) in [7, 11) is 0. The van der Waals surface area contributed by atoms with Crippen molar-refractivity contribution in [3.8, 4) is 0 Å². The number of thiophene rings is 1. The van der Waals surface area contributed by atoms with Crippen LogP contribution in [0.4, 0.5) is 5.69 Å². The molecule has 5 nitrogen and oxygen atoms in total. The van der Waals surface area contributed by atoms with Crippen molar-refractivity contribution >= 4 is 28.7 Å². The van der Waals surface area contributed by atoms with E-state index in [2.05, 4.69) is 10.3 Å². The molecule has 0 radical (unpaired) electrons. The third kappa shape index (κ3) is 3.47. The molecule has 2 heterocycles. The van der Waals surface area contributed by atoms with Gasteiger partial charge in [0.2, 0.25) is 0 Å². The Morgan fingerprint density at radius 2 is 1.85 bits per heavy atom. The van der Waals surface area contributed by atoms with Crippen LogP contribution in [0.15, 0.2) is 41.8 Å². The number of aryl methyl sites for hydroxylation is 1. The van der Waals surface area contributed by atoms with E-state index in [1.54, 1.807) is 38.1 Å². The Hall–Kier alpha value is -2.70. The first-order valence-electron chi connectivity index (χ1n) is 8.21. The molecular formula is C20H20N2O3S. The highest BCUT2D eigenvalue weighted by molar-refractivity contribution is 7.10. The number of aliphatic hydroxyl groups is 1. The lowest BCUT2D eigenvalue weighted by Gasteiger charge is -2.11. The van der Waals surface area contributed by atoms with Gasteiger partial charge < -0.3 is 15.4 Å². The number of hydrogen-bond donors (Lipinski definition) is 3. The first-order chi connectivity index (χ1) is 12.4. The second-order valence-corrected chi connectivity index (χ2v) is 7.15. The number of aromatic nitrogens is 1. The van der Waals surface area contributed by atoms with Gasteiger partial charge in [-0.2, -0.15) is 0 Å². The monoisotopic (exact) mass is 368 g/mol. The zero-order valence-corrected chi connectivity index (χ0v) is 15.6. The summed E-state index contributed by atoms with van der Waals surface area (Å²) in [6.07, 6.45) is -0.674. The predicted molar refractivity (Wildman–Crippen MR) is 103 cm³/mol. The molecule has 3 rings (SSSR count). The molecule has 6 heteroatoms. The maximum atomic E-state index is 12.6. The maximum absolute atomic E-state index is 12.6. The number of nitrogens with one attached hydrogen (secondary N) is 2. The fourth-order valence-electron chi connectivity index (χ4n) is 3.00. The van der Waals surface area contributed by atoms with E-state index in [1.807, 2.05) is 17.5 Å². The second-order valence-electron chi connectivity index (χ2n) is 6.18. The van der Waals surface area contributed by atoms with Crippen LogP contribution in [0.5, 0.6) is 0 Å². The summed E-state index contributed by atoms with van der Waals surface area (Å²) in [5, 5.41) is 15.1. The smallest absolute Gasteiger partial charge is 0.257 e. The topological polar surface area (TPSA) is 82.2 Å². The summed E-state index contributed by atoms with van der Waals surface area (Å²) >= 11 is 1.50. The quantitative estimate of drug-likeness (QED) is 0.590. The number of carbonyl (C=O) groups excluding carboxylic acids is 2. The van der Waals surface area contributed by atoms with Crippen molar-refractivity contribution in [3.05, 3.63) is 74.7 Å². The van der Waals surface area contributed by atoms with Crippen molar-refractivity contribution in [1.29, 1.82) is 0 Å². The lowest BCUT2D eigenvalue weighted by Crippen LogP contribution is -2.14. The number of benzene rings is 1. The minimum absolute atomic E-state index is 0.100. The molecule has 0 aliphatic rings. The highest BCUT2D eigenvalue weighted by Crippen LogP contribution is 2.27. The van der Waals surface area contributed by atoms with Gasteiger partial charge in [0, 0.05) is 23.2 Å². The van der Waals surface area contributed by atoms with E-state index in [0.717, 1.165) is 10.4 Å². The number of anilines is 1. The average Bonchev–Trinajstić information content (AvgIpc) is 3.23. The summed E-state index contributed by atoms with van der Waals surface area (Å²) < 4.78 is 0. The van der Waals surface area contributed by atoms with Crippen LogP contribution in [0.3, 0.4) is 0 Å². The molecule has 3 N–H and O–H groups in total. The molecule has 0 bridgehead atoms. The Morgan fingerprint density at radius 3 is 2.38 bits per heavy atom. The van der Waals surface area contributed by atoms with E-state index in [4.69, 9.17) is 0 Å². The Kier molecular flexibility index (Phi) is 5.06. The number of amides is 1. The van der Waals surface area contributed by atoms with Crippen LogP contribution < -0.4 is 5.32 Å². The zero-order valence-electron chi connectivity index (χ0n) is 14.8. The lowest BCUT2D eigenvalue weighted by molar-refractivity contribution is 0.101. The van der Waals surface area contributed by atoms with Crippen molar-refractivity contribution in [2.45, 2.75) is 26.9 Å². The Morgan fingerprint density at radius 1 is 1.15 bits per heavy atom. The molecule has 0 fully saturated rings.